The summed E-state index contributed by atoms with van der Waals surface area (Å²) in [6.07, 6.45) is 0. The molecule has 0 heterocycles. The van der Waals surface area contributed by atoms with E-state index in [4.69, 9.17) is 0 Å². The van der Waals surface area contributed by atoms with E-state index >= 15 is 0 Å². The standard InChI is InChI=1S/C16H17NO2/c1-10(2)14-9-16(17-19)11(3)8-15(14)12-4-6-13(18)7-5-12/h4-10,18H,1-3H3. The summed E-state index contributed by atoms with van der Waals surface area (Å²) in [5.74, 6) is 0.544. The quantitative estimate of drug-likeness (QED) is 0.794. The number of aryl methyl sites for hydroxylation is 1. The van der Waals surface area contributed by atoms with E-state index in [1.54, 1.807) is 12.1 Å². The van der Waals surface area contributed by atoms with Crippen molar-refractivity contribution in [2.24, 2.45) is 5.18 Å². The zero-order valence-corrected chi connectivity index (χ0v) is 11.3. The molecule has 0 unspecified atom stereocenters. The Morgan fingerprint density at radius 1 is 1.11 bits per heavy atom. The molecule has 0 spiro atoms. The Labute approximate surface area is 112 Å². The van der Waals surface area contributed by atoms with Gasteiger partial charge in [0.2, 0.25) is 0 Å². The molecule has 19 heavy (non-hydrogen) atoms. The number of nitroso groups, excluding NO2 is 1. The van der Waals surface area contributed by atoms with Crippen LogP contribution in [0.15, 0.2) is 41.6 Å². The number of phenols is 1. The minimum absolute atomic E-state index is 0.248. The van der Waals surface area contributed by atoms with Crippen molar-refractivity contribution in [2.45, 2.75) is 26.7 Å². The molecule has 0 bridgehead atoms. The van der Waals surface area contributed by atoms with E-state index in [0.717, 1.165) is 22.3 Å². The highest BCUT2D eigenvalue weighted by atomic mass is 16.3. The largest absolute Gasteiger partial charge is 0.508 e. The van der Waals surface area contributed by atoms with Gasteiger partial charge in [-0.3, -0.25) is 0 Å². The van der Waals surface area contributed by atoms with Gasteiger partial charge >= 0.3 is 0 Å². The molecule has 3 heteroatoms. The maximum atomic E-state index is 10.8. The Balaban J connectivity index is 2.64. The van der Waals surface area contributed by atoms with Gasteiger partial charge in [-0.05, 0) is 64.5 Å². The van der Waals surface area contributed by atoms with E-state index in [9.17, 15) is 10.0 Å². The number of rotatable bonds is 3. The van der Waals surface area contributed by atoms with Crippen LogP contribution in [0.4, 0.5) is 5.69 Å². The summed E-state index contributed by atoms with van der Waals surface area (Å²) in [6.45, 7) is 6.05. The molecule has 0 aliphatic heterocycles. The molecule has 0 aromatic heterocycles. The van der Waals surface area contributed by atoms with Gasteiger partial charge in [0.05, 0.1) is 0 Å². The average Bonchev–Trinajstić information content (AvgIpc) is 2.39. The second-order valence-electron chi connectivity index (χ2n) is 5.02. The van der Waals surface area contributed by atoms with Crippen LogP contribution >= 0.6 is 0 Å². The maximum absolute atomic E-state index is 10.8. The highest BCUT2D eigenvalue weighted by Gasteiger charge is 2.12. The number of phenolic OH excluding ortho intramolecular Hbond substituents is 1. The zero-order valence-electron chi connectivity index (χ0n) is 11.3. The van der Waals surface area contributed by atoms with Crippen LogP contribution < -0.4 is 0 Å². The molecular weight excluding hydrogens is 238 g/mol. The van der Waals surface area contributed by atoms with E-state index in [0.29, 0.717) is 11.6 Å². The van der Waals surface area contributed by atoms with Crippen LogP contribution in [-0.2, 0) is 0 Å². The molecular formula is C16H17NO2. The first-order chi connectivity index (χ1) is 9.02. The molecule has 2 aromatic rings. The molecule has 2 rings (SSSR count). The summed E-state index contributed by atoms with van der Waals surface area (Å²) >= 11 is 0. The fourth-order valence-electron chi connectivity index (χ4n) is 2.18. The predicted molar refractivity (Wildman–Crippen MR) is 77.8 cm³/mol. The molecule has 1 N–H and O–H groups in total. The van der Waals surface area contributed by atoms with Gasteiger partial charge in [-0.2, -0.15) is 0 Å². The van der Waals surface area contributed by atoms with Crippen LogP contribution in [-0.4, -0.2) is 5.11 Å². The first kappa shape index (κ1) is 13.3. The molecule has 2 aromatic carbocycles. The lowest BCUT2D eigenvalue weighted by molar-refractivity contribution is 0.475. The molecule has 0 aliphatic rings. The van der Waals surface area contributed by atoms with Crippen molar-refractivity contribution in [3.63, 3.8) is 0 Å². The number of hydrogen-bond acceptors (Lipinski definition) is 3. The molecule has 0 saturated carbocycles. The van der Waals surface area contributed by atoms with Crippen LogP contribution in [0.1, 0.15) is 30.9 Å². The fraction of sp³-hybridized carbons (Fsp3) is 0.250. The van der Waals surface area contributed by atoms with E-state index < -0.39 is 0 Å². The lowest BCUT2D eigenvalue weighted by Gasteiger charge is -2.15. The smallest absolute Gasteiger partial charge is 0.115 e. The normalized spacial score (nSPS) is 10.7. The van der Waals surface area contributed by atoms with Crippen molar-refractivity contribution >= 4 is 5.69 Å². The van der Waals surface area contributed by atoms with Crippen LogP contribution in [0, 0.1) is 11.8 Å². The van der Waals surface area contributed by atoms with Gasteiger partial charge in [0.1, 0.15) is 11.4 Å². The van der Waals surface area contributed by atoms with Gasteiger partial charge in [0.25, 0.3) is 0 Å². The maximum Gasteiger partial charge on any atom is 0.115 e. The van der Waals surface area contributed by atoms with Gasteiger partial charge in [-0.15, -0.1) is 4.91 Å². The van der Waals surface area contributed by atoms with Crippen LogP contribution in [0.3, 0.4) is 0 Å². The summed E-state index contributed by atoms with van der Waals surface area (Å²) in [4.78, 5) is 10.8. The van der Waals surface area contributed by atoms with Crippen molar-refractivity contribution in [3.8, 4) is 16.9 Å². The number of benzene rings is 2. The number of nitrogens with zero attached hydrogens (tertiary/aromatic N) is 1. The minimum atomic E-state index is 0.248. The Morgan fingerprint density at radius 3 is 2.26 bits per heavy atom. The topological polar surface area (TPSA) is 49.7 Å². The number of hydrogen-bond donors (Lipinski definition) is 1. The van der Waals surface area contributed by atoms with Crippen molar-refractivity contribution in [3.05, 3.63) is 52.4 Å². The van der Waals surface area contributed by atoms with E-state index in [-0.39, 0.29) is 5.75 Å². The average molecular weight is 255 g/mol. The summed E-state index contributed by atoms with van der Waals surface area (Å²) in [5, 5.41) is 12.4. The lowest BCUT2D eigenvalue weighted by Crippen LogP contribution is -1.94. The molecule has 0 fully saturated rings. The molecule has 3 nitrogen and oxygen atoms in total. The third-order valence-corrected chi connectivity index (χ3v) is 3.27. The molecule has 0 aliphatic carbocycles. The van der Waals surface area contributed by atoms with Crippen molar-refractivity contribution in [1.82, 2.24) is 0 Å². The zero-order chi connectivity index (χ0) is 14.0. The van der Waals surface area contributed by atoms with Crippen molar-refractivity contribution in [1.29, 1.82) is 0 Å². The second-order valence-corrected chi connectivity index (χ2v) is 5.02. The van der Waals surface area contributed by atoms with E-state index in [1.807, 2.05) is 31.2 Å². The van der Waals surface area contributed by atoms with Gasteiger partial charge < -0.3 is 5.11 Å². The van der Waals surface area contributed by atoms with Gasteiger partial charge in [0.15, 0.2) is 0 Å². The van der Waals surface area contributed by atoms with Gasteiger partial charge in [0, 0.05) is 0 Å². The molecule has 0 amide bonds. The Morgan fingerprint density at radius 2 is 1.74 bits per heavy atom. The summed E-state index contributed by atoms with van der Waals surface area (Å²) in [5.41, 5.74) is 4.56. The summed E-state index contributed by atoms with van der Waals surface area (Å²) in [7, 11) is 0. The van der Waals surface area contributed by atoms with E-state index in [1.165, 1.54) is 0 Å². The monoisotopic (exact) mass is 255 g/mol. The summed E-state index contributed by atoms with van der Waals surface area (Å²) in [6, 6.07) is 10.9. The Bertz CT molecular complexity index is 601. The predicted octanol–water partition coefficient (Wildman–Crippen LogP) is 4.89. The van der Waals surface area contributed by atoms with Gasteiger partial charge in [-0.25, -0.2) is 0 Å². The summed E-state index contributed by atoms with van der Waals surface area (Å²) < 4.78 is 0. The first-order valence-electron chi connectivity index (χ1n) is 6.30. The molecule has 98 valence electrons. The van der Waals surface area contributed by atoms with Crippen LogP contribution in [0.25, 0.3) is 11.1 Å². The van der Waals surface area contributed by atoms with Crippen molar-refractivity contribution in [2.75, 3.05) is 0 Å². The molecule has 0 atom stereocenters. The molecule has 0 saturated heterocycles. The number of aromatic hydroxyl groups is 1. The van der Waals surface area contributed by atoms with Crippen LogP contribution in [0.5, 0.6) is 5.75 Å². The lowest BCUT2D eigenvalue weighted by atomic mass is 9.90. The third kappa shape index (κ3) is 2.65. The minimum Gasteiger partial charge on any atom is -0.508 e. The van der Waals surface area contributed by atoms with Crippen LogP contribution in [0.2, 0.25) is 0 Å². The van der Waals surface area contributed by atoms with E-state index in [2.05, 4.69) is 19.0 Å². The third-order valence-electron chi connectivity index (χ3n) is 3.27. The first-order valence-corrected chi connectivity index (χ1v) is 6.30. The van der Waals surface area contributed by atoms with Crippen molar-refractivity contribution < 1.29 is 5.11 Å². The Hall–Kier alpha value is -2.16. The highest BCUT2D eigenvalue weighted by Crippen LogP contribution is 2.35. The highest BCUT2D eigenvalue weighted by molar-refractivity contribution is 5.72. The van der Waals surface area contributed by atoms with Gasteiger partial charge in [-0.1, -0.05) is 26.0 Å². The fourth-order valence-corrected chi connectivity index (χ4v) is 2.18. The second kappa shape index (κ2) is 5.22. The Kier molecular flexibility index (Phi) is 3.65. The SMILES string of the molecule is Cc1cc(-c2ccc(O)cc2)c(C(C)C)cc1N=O. The molecule has 0 radical (unpaired) electrons.